The number of ether oxygens (including phenoxy) is 1. The number of halogens is 1. The van der Waals surface area contributed by atoms with Gasteiger partial charge in [-0.3, -0.25) is 0 Å². The molecule has 2 aromatic heterocycles. The van der Waals surface area contributed by atoms with Crippen molar-refractivity contribution in [2.75, 3.05) is 30.8 Å². The van der Waals surface area contributed by atoms with E-state index in [9.17, 15) is 12.8 Å². The van der Waals surface area contributed by atoms with E-state index in [-0.39, 0.29) is 23.7 Å². The molecule has 0 aliphatic carbocycles. The maximum absolute atomic E-state index is 13.5. The van der Waals surface area contributed by atoms with Crippen LogP contribution in [0.4, 0.5) is 21.8 Å². The number of hydrogen-bond acceptors (Lipinski definition) is 8. The first-order valence-electron chi connectivity index (χ1n) is 9.39. The third kappa shape index (κ3) is 6.09. The third-order valence-electron chi connectivity index (χ3n) is 4.15. The standard InChI is InChI=1S/C20H23FN6O3S/c1-13-6-7-22-18(10-13)27-20-12-19(25-14(2)26-20)23-8-9-24-31(28,29)17-11-15(21)4-5-16(17)30-3/h4-7,10-12,24H,8-9H2,1-3H3,(H2,22,23,25,26,27). The quantitative estimate of drug-likeness (QED) is 0.430. The zero-order chi connectivity index (χ0) is 22.4. The predicted molar refractivity (Wildman–Crippen MR) is 116 cm³/mol. The normalized spacial score (nSPS) is 11.2. The number of sulfonamides is 1. The van der Waals surface area contributed by atoms with E-state index in [0.29, 0.717) is 23.3 Å². The molecule has 0 radical (unpaired) electrons. The SMILES string of the molecule is COc1ccc(F)cc1S(=O)(=O)NCCNc1cc(Nc2cc(C)ccn2)nc(C)n1. The number of pyridine rings is 1. The average molecular weight is 447 g/mol. The van der Waals surface area contributed by atoms with Crippen LogP contribution in [-0.2, 0) is 10.0 Å². The van der Waals surface area contributed by atoms with Gasteiger partial charge in [-0.25, -0.2) is 32.5 Å². The first-order chi connectivity index (χ1) is 14.8. The number of rotatable bonds is 9. The first-order valence-corrected chi connectivity index (χ1v) is 10.9. The van der Waals surface area contributed by atoms with E-state index in [2.05, 4.69) is 30.3 Å². The van der Waals surface area contributed by atoms with Gasteiger partial charge >= 0.3 is 0 Å². The molecular formula is C20H23FN6O3S. The van der Waals surface area contributed by atoms with E-state index in [1.54, 1.807) is 19.2 Å². The van der Waals surface area contributed by atoms with Crippen LogP contribution < -0.4 is 20.1 Å². The highest BCUT2D eigenvalue weighted by Gasteiger charge is 2.19. The van der Waals surface area contributed by atoms with Crippen LogP contribution in [0.5, 0.6) is 5.75 Å². The minimum absolute atomic E-state index is 0.0489. The third-order valence-corrected chi connectivity index (χ3v) is 5.63. The number of methoxy groups -OCH3 is 1. The van der Waals surface area contributed by atoms with E-state index < -0.39 is 15.8 Å². The second-order valence-corrected chi connectivity index (χ2v) is 8.38. The molecule has 0 saturated carbocycles. The van der Waals surface area contributed by atoms with Crippen molar-refractivity contribution in [1.82, 2.24) is 19.7 Å². The van der Waals surface area contributed by atoms with E-state index >= 15 is 0 Å². The summed E-state index contributed by atoms with van der Waals surface area (Å²) in [6.45, 7) is 4.01. The van der Waals surface area contributed by atoms with Gasteiger partial charge in [-0.2, -0.15) is 0 Å². The summed E-state index contributed by atoms with van der Waals surface area (Å²) >= 11 is 0. The molecule has 3 aromatic rings. The highest BCUT2D eigenvalue weighted by molar-refractivity contribution is 7.89. The van der Waals surface area contributed by atoms with Crippen molar-refractivity contribution in [3.63, 3.8) is 0 Å². The van der Waals surface area contributed by atoms with Gasteiger partial charge in [-0.05, 0) is 49.7 Å². The zero-order valence-electron chi connectivity index (χ0n) is 17.3. The van der Waals surface area contributed by atoms with Crippen molar-refractivity contribution in [2.24, 2.45) is 0 Å². The van der Waals surface area contributed by atoms with Crippen molar-refractivity contribution >= 4 is 27.5 Å². The van der Waals surface area contributed by atoms with Crippen molar-refractivity contribution in [3.8, 4) is 5.75 Å². The highest BCUT2D eigenvalue weighted by Crippen LogP contribution is 2.24. The smallest absolute Gasteiger partial charge is 0.244 e. The lowest BCUT2D eigenvalue weighted by Gasteiger charge is -2.12. The molecule has 164 valence electrons. The van der Waals surface area contributed by atoms with Crippen molar-refractivity contribution in [3.05, 3.63) is 59.8 Å². The molecule has 0 saturated heterocycles. The molecule has 9 nitrogen and oxygen atoms in total. The summed E-state index contributed by atoms with van der Waals surface area (Å²) in [7, 11) is -2.63. The maximum atomic E-state index is 13.5. The predicted octanol–water partition coefficient (Wildman–Crippen LogP) is 2.77. The van der Waals surface area contributed by atoms with Gasteiger partial charge < -0.3 is 15.4 Å². The Morgan fingerprint density at radius 3 is 2.52 bits per heavy atom. The lowest BCUT2D eigenvalue weighted by Crippen LogP contribution is -2.29. The average Bonchev–Trinajstić information content (AvgIpc) is 2.71. The maximum Gasteiger partial charge on any atom is 0.244 e. The lowest BCUT2D eigenvalue weighted by atomic mass is 10.3. The number of aromatic nitrogens is 3. The first kappa shape index (κ1) is 22.4. The number of nitrogens with one attached hydrogen (secondary N) is 3. The van der Waals surface area contributed by atoms with E-state index in [4.69, 9.17) is 4.74 Å². The molecule has 0 spiro atoms. The van der Waals surface area contributed by atoms with Crippen LogP contribution in [0.1, 0.15) is 11.4 Å². The highest BCUT2D eigenvalue weighted by atomic mass is 32.2. The van der Waals surface area contributed by atoms with Crippen LogP contribution >= 0.6 is 0 Å². The van der Waals surface area contributed by atoms with E-state index in [1.165, 1.54) is 13.2 Å². The molecule has 2 heterocycles. The number of benzene rings is 1. The number of hydrogen-bond donors (Lipinski definition) is 3. The Labute approximate surface area is 180 Å². The molecule has 0 amide bonds. The van der Waals surface area contributed by atoms with Crippen molar-refractivity contribution in [1.29, 1.82) is 0 Å². The monoisotopic (exact) mass is 446 g/mol. The van der Waals surface area contributed by atoms with Crippen LogP contribution in [0, 0.1) is 19.7 Å². The van der Waals surface area contributed by atoms with E-state index in [1.807, 2.05) is 19.1 Å². The Kier molecular flexibility index (Phi) is 6.98. The molecule has 3 N–H and O–H groups in total. The summed E-state index contributed by atoms with van der Waals surface area (Å²) in [5.41, 5.74) is 1.06. The fourth-order valence-corrected chi connectivity index (χ4v) is 3.98. The minimum atomic E-state index is -3.95. The Bertz CT molecular complexity index is 1170. The number of nitrogens with zero attached hydrogens (tertiary/aromatic N) is 3. The Hall–Kier alpha value is -3.31. The summed E-state index contributed by atoms with van der Waals surface area (Å²) in [6, 6.07) is 8.79. The van der Waals surface area contributed by atoms with Crippen molar-refractivity contribution in [2.45, 2.75) is 18.7 Å². The second-order valence-electron chi connectivity index (χ2n) is 6.65. The number of anilines is 3. The summed E-state index contributed by atoms with van der Waals surface area (Å²) in [5.74, 6) is 1.65. The molecular weight excluding hydrogens is 423 g/mol. The molecule has 1 aromatic carbocycles. The van der Waals surface area contributed by atoms with Gasteiger partial charge in [0.1, 0.15) is 39.7 Å². The molecule has 0 atom stereocenters. The van der Waals surface area contributed by atoms with Gasteiger partial charge in [-0.1, -0.05) is 0 Å². The van der Waals surface area contributed by atoms with Gasteiger partial charge in [0.2, 0.25) is 10.0 Å². The van der Waals surface area contributed by atoms with Gasteiger partial charge in [0.05, 0.1) is 7.11 Å². The zero-order valence-corrected chi connectivity index (χ0v) is 18.1. The Morgan fingerprint density at radius 2 is 1.77 bits per heavy atom. The molecule has 0 aliphatic rings. The topological polar surface area (TPSA) is 118 Å². The van der Waals surface area contributed by atoms with E-state index in [0.717, 1.165) is 17.7 Å². The van der Waals surface area contributed by atoms with Gasteiger partial charge in [0.15, 0.2) is 0 Å². The Morgan fingerprint density at radius 1 is 1.00 bits per heavy atom. The molecule has 0 unspecified atom stereocenters. The van der Waals surface area contributed by atoms with Crippen LogP contribution in [-0.4, -0.2) is 43.6 Å². The number of aryl methyl sites for hydroxylation is 2. The minimum Gasteiger partial charge on any atom is -0.495 e. The fourth-order valence-electron chi connectivity index (χ4n) is 2.77. The van der Waals surface area contributed by atoms with Crippen molar-refractivity contribution < 1.29 is 17.5 Å². The van der Waals surface area contributed by atoms with Crippen LogP contribution in [0.3, 0.4) is 0 Å². The molecule has 0 aliphatic heterocycles. The summed E-state index contributed by atoms with van der Waals surface area (Å²) in [5, 5.41) is 6.16. The van der Waals surface area contributed by atoms with Gasteiger partial charge in [0.25, 0.3) is 0 Å². The van der Waals surface area contributed by atoms with Crippen LogP contribution in [0.25, 0.3) is 0 Å². The van der Waals surface area contributed by atoms with Crippen LogP contribution in [0.15, 0.2) is 47.5 Å². The van der Waals surface area contributed by atoms with Gasteiger partial charge in [0, 0.05) is 25.4 Å². The molecule has 3 rings (SSSR count). The summed E-state index contributed by atoms with van der Waals surface area (Å²) in [6.07, 6.45) is 1.70. The second kappa shape index (κ2) is 9.67. The summed E-state index contributed by atoms with van der Waals surface area (Å²) in [4.78, 5) is 12.6. The molecule has 11 heteroatoms. The largest absolute Gasteiger partial charge is 0.495 e. The molecule has 31 heavy (non-hydrogen) atoms. The van der Waals surface area contributed by atoms with Gasteiger partial charge in [-0.15, -0.1) is 0 Å². The fraction of sp³-hybridized carbons (Fsp3) is 0.250. The Balaban J connectivity index is 1.62. The summed E-state index contributed by atoms with van der Waals surface area (Å²) < 4.78 is 45.9. The molecule has 0 bridgehead atoms. The van der Waals surface area contributed by atoms with Crippen LogP contribution in [0.2, 0.25) is 0 Å². The lowest BCUT2D eigenvalue weighted by molar-refractivity contribution is 0.400. The molecule has 0 fully saturated rings.